The van der Waals surface area contributed by atoms with Crippen molar-refractivity contribution in [2.75, 3.05) is 6.54 Å². The standard InChI is InChI=1S/C17H28N4O3/c1-2-3-4-7-10-21-16(23)12(15(22)20-17(21)24)11-19-14-9-6-5-8-13(14)18/h11-14H,2-10,18H2,1H3,(H,20,22,24)/t12-,13-,14-/m1/s1. The summed E-state index contributed by atoms with van der Waals surface area (Å²) in [6.07, 6.45) is 9.17. The minimum Gasteiger partial charge on any atom is -0.326 e. The Hall–Kier alpha value is -1.76. The number of nitrogens with two attached hydrogens (primary N) is 1. The van der Waals surface area contributed by atoms with Crippen LogP contribution in [-0.2, 0) is 9.59 Å². The Morgan fingerprint density at radius 1 is 1.21 bits per heavy atom. The number of barbiturate groups is 1. The molecule has 7 nitrogen and oxygen atoms in total. The largest absolute Gasteiger partial charge is 0.330 e. The van der Waals surface area contributed by atoms with E-state index in [1.54, 1.807) is 0 Å². The molecule has 2 fully saturated rings. The number of amides is 4. The van der Waals surface area contributed by atoms with Gasteiger partial charge in [0.1, 0.15) is 0 Å². The van der Waals surface area contributed by atoms with Gasteiger partial charge in [-0.25, -0.2) is 4.79 Å². The topological polar surface area (TPSA) is 105 Å². The van der Waals surface area contributed by atoms with Gasteiger partial charge in [0.05, 0.1) is 6.04 Å². The van der Waals surface area contributed by atoms with Crippen LogP contribution in [0, 0.1) is 5.92 Å². The minimum absolute atomic E-state index is 0.0245. The van der Waals surface area contributed by atoms with E-state index in [4.69, 9.17) is 5.73 Å². The molecule has 1 heterocycles. The molecule has 0 radical (unpaired) electrons. The van der Waals surface area contributed by atoms with Crippen LogP contribution in [0.1, 0.15) is 58.3 Å². The fourth-order valence-corrected chi connectivity index (χ4v) is 3.19. The maximum atomic E-state index is 12.5. The highest BCUT2D eigenvalue weighted by atomic mass is 16.2. The average Bonchev–Trinajstić information content (AvgIpc) is 2.55. The van der Waals surface area contributed by atoms with Crippen molar-refractivity contribution in [2.24, 2.45) is 16.6 Å². The van der Waals surface area contributed by atoms with Crippen molar-refractivity contribution in [3.05, 3.63) is 0 Å². The number of nitrogens with zero attached hydrogens (tertiary/aromatic N) is 2. The highest BCUT2D eigenvalue weighted by Gasteiger charge is 2.39. The van der Waals surface area contributed by atoms with Crippen molar-refractivity contribution >= 4 is 24.1 Å². The van der Waals surface area contributed by atoms with Crippen LogP contribution in [-0.4, -0.2) is 47.6 Å². The number of rotatable bonds is 7. The third kappa shape index (κ3) is 4.63. The summed E-state index contributed by atoms with van der Waals surface area (Å²) in [4.78, 5) is 41.9. The molecule has 0 spiro atoms. The lowest BCUT2D eigenvalue weighted by Gasteiger charge is -2.29. The summed E-state index contributed by atoms with van der Waals surface area (Å²) in [5.74, 6) is -2.10. The van der Waals surface area contributed by atoms with Crippen LogP contribution in [0.2, 0.25) is 0 Å². The third-order valence-electron chi connectivity index (χ3n) is 4.73. The number of unbranched alkanes of at least 4 members (excludes halogenated alkanes) is 3. The van der Waals surface area contributed by atoms with E-state index in [2.05, 4.69) is 17.2 Å². The molecule has 0 aromatic carbocycles. The van der Waals surface area contributed by atoms with Crippen LogP contribution < -0.4 is 11.1 Å². The Bertz CT molecular complexity index is 506. The van der Waals surface area contributed by atoms with Crippen molar-refractivity contribution in [3.63, 3.8) is 0 Å². The SMILES string of the molecule is CCCCCCN1C(=O)NC(=O)[C@@H](C=N[C@@H]2CCCC[C@H]2N)C1=O. The summed E-state index contributed by atoms with van der Waals surface area (Å²) in [7, 11) is 0. The Morgan fingerprint density at radius 2 is 1.96 bits per heavy atom. The van der Waals surface area contributed by atoms with Crippen LogP contribution in [0.4, 0.5) is 4.79 Å². The van der Waals surface area contributed by atoms with Crippen LogP contribution in [0.5, 0.6) is 0 Å². The molecule has 24 heavy (non-hydrogen) atoms. The van der Waals surface area contributed by atoms with Gasteiger partial charge in [-0.1, -0.05) is 39.0 Å². The molecule has 134 valence electrons. The molecular formula is C17H28N4O3. The van der Waals surface area contributed by atoms with E-state index in [-0.39, 0.29) is 12.1 Å². The molecule has 1 saturated heterocycles. The van der Waals surface area contributed by atoms with Gasteiger partial charge in [-0.05, 0) is 19.3 Å². The molecule has 0 bridgehead atoms. The highest BCUT2D eigenvalue weighted by Crippen LogP contribution is 2.20. The Morgan fingerprint density at radius 3 is 2.67 bits per heavy atom. The Labute approximate surface area is 143 Å². The quantitative estimate of drug-likeness (QED) is 0.418. The average molecular weight is 336 g/mol. The van der Waals surface area contributed by atoms with Gasteiger partial charge in [-0.15, -0.1) is 0 Å². The lowest BCUT2D eigenvalue weighted by molar-refractivity contribution is -0.139. The van der Waals surface area contributed by atoms with Gasteiger partial charge in [0.2, 0.25) is 11.8 Å². The van der Waals surface area contributed by atoms with E-state index in [0.29, 0.717) is 6.54 Å². The third-order valence-corrected chi connectivity index (χ3v) is 4.73. The fraction of sp³-hybridized carbons (Fsp3) is 0.765. The number of carbonyl (C=O) groups is 3. The monoisotopic (exact) mass is 336 g/mol. The summed E-state index contributed by atoms with van der Waals surface area (Å²) < 4.78 is 0. The zero-order valence-electron chi connectivity index (χ0n) is 14.4. The van der Waals surface area contributed by atoms with E-state index in [1.165, 1.54) is 6.21 Å². The van der Waals surface area contributed by atoms with Gasteiger partial charge in [0, 0.05) is 18.8 Å². The van der Waals surface area contributed by atoms with Crippen LogP contribution in [0.3, 0.4) is 0 Å². The molecule has 1 saturated carbocycles. The van der Waals surface area contributed by atoms with Gasteiger partial charge < -0.3 is 5.73 Å². The first-order chi connectivity index (χ1) is 11.5. The van der Waals surface area contributed by atoms with E-state index in [9.17, 15) is 14.4 Å². The van der Waals surface area contributed by atoms with Gasteiger partial charge in [0.25, 0.3) is 0 Å². The fourth-order valence-electron chi connectivity index (χ4n) is 3.19. The van der Waals surface area contributed by atoms with Crippen molar-refractivity contribution in [1.82, 2.24) is 10.2 Å². The van der Waals surface area contributed by atoms with E-state index in [0.717, 1.165) is 56.3 Å². The summed E-state index contributed by atoms with van der Waals surface area (Å²) >= 11 is 0. The zero-order chi connectivity index (χ0) is 17.5. The number of nitrogens with one attached hydrogen (secondary N) is 1. The van der Waals surface area contributed by atoms with Crippen LogP contribution in [0.15, 0.2) is 4.99 Å². The van der Waals surface area contributed by atoms with E-state index in [1.807, 2.05) is 0 Å². The van der Waals surface area contributed by atoms with Crippen molar-refractivity contribution in [3.8, 4) is 0 Å². The maximum Gasteiger partial charge on any atom is 0.330 e. The smallest absolute Gasteiger partial charge is 0.326 e. The van der Waals surface area contributed by atoms with Gasteiger partial charge in [-0.2, -0.15) is 0 Å². The number of hydrogen-bond acceptors (Lipinski definition) is 5. The first-order valence-corrected chi connectivity index (χ1v) is 8.99. The lowest BCUT2D eigenvalue weighted by Crippen LogP contribution is -2.58. The van der Waals surface area contributed by atoms with E-state index < -0.39 is 23.8 Å². The van der Waals surface area contributed by atoms with Crippen molar-refractivity contribution in [2.45, 2.75) is 70.4 Å². The second-order valence-electron chi connectivity index (χ2n) is 6.64. The molecule has 1 aliphatic carbocycles. The second kappa shape index (κ2) is 8.92. The Balaban J connectivity index is 1.98. The van der Waals surface area contributed by atoms with Gasteiger partial charge >= 0.3 is 6.03 Å². The predicted octanol–water partition coefficient (Wildman–Crippen LogP) is 1.60. The maximum absolute atomic E-state index is 12.5. The molecule has 7 heteroatoms. The summed E-state index contributed by atoms with van der Waals surface area (Å²) in [5, 5.41) is 2.25. The molecular weight excluding hydrogens is 308 g/mol. The van der Waals surface area contributed by atoms with Crippen LogP contribution >= 0.6 is 0 Å². The van der Waals surface area contributed by atoms with Crippen molar-refractivity contribution in [1.29, 1.82) is 0 Å². The molecule has 3 atom stereocenters. The Kier molecular flexibility index (Phi) is 6.90. The first kappa shape index (κ1) is 18.6. The molecule has 4 amide bonds. The second-order valence-corrected chi connectivity index (χ2v) is 6.64. The summed E-state index contributed by atoms with van der Waals surface area (Å²) in [6.45, 7) is 2.44. The molecule has 3 N–H and O–H groups in total. The summed E-state index contributed by atoms with van der Waals surface area (Å²) in [5.41, 5.74) is 6.04. The molecule has 0 aromatic heterocycles. The molecule has 0 unspecified atom stereocenters. The van der Waals surface area contributed by atoms with Gasteiger partial charge in [-0.3, -0.25) is 24.8 Å². The lowest BCUT2D eigenvalue weighted by atomic mass is 9.91. The van der Waals surface area contributed by atoms with Crippen molar-refractivity contribution < 1.29 is 14.4 Å². The molecule has 2 aliphatic rings. The highest BCUT2D eigenvalue weighted by molar-refractivity contribution is 6.23. The first-order valence-electron chi connectivity index (χ1n) is 8.99. The predicted molar refractivity (Wildman–Crippen MR) is 91.6 cm³/mol. The normalized spacial score (nSPS) is 28.5. The number of urea groups is 1. The van der Waals surface area contributed by atoms with Crippen LogP contribution in [0.25, 0.3) is 0 Å². The molecule has 2 rings (SSSR count). The minimum atomic E-state index is -1.02. The number of aliphatic imine (C=N–C) groups is 1. The van der Waals surface area contributed by atoms with E-state index >= 15 is 0 Å². The number of imide groups is 2. The molecule has 0 aromatic rings. The number of carbonyl (C=O) groups excluding carboxylic acids is 3. The zero-order valence-corrected chi connectivity index (χ0v) is 14.4. The number of hydrogen-bond donors (Lipinski definition) is 2. The van der Waals surface area contributed by atoms with Gasteiger partial charge in [0.15, 0.2) is 5.92 Å². The molecule has 1 aliphatic heterocycles. The summed E-state index contributed by atoms with van der Waals surface area (Å²) in [6, 6.07) is -0.695.